The van der Waals surface area contributed by atoms with E-state index in [0.717, 1.165) is 0 Å². The van der Waals surface area contributed by atoms with Crippen LogP contribution >= 0.6 is 0 Å². The second kappa shape index (κ2) is 6.32. The SMILES string of the molecule is CCC1C(=O)NCCN1C(=O)/C=C/c1cccc(F)c1. The molecule has 1 N–H and O–H groups in total. The number of carbonyl (C=O) groups is 2. The van der Waals surface area contributed by atoms with Crippen LogP contribution in [0, 0.1) is 5.82 Å². The van der Waals surface area contributed by atoms with Crippen molar-refractivity contribution in [2.45, 2.75) is 19.4 Å². The zero-order chi connectivity index (χ0) is 14.5. The molecule has 1 aromatic carbocycles. The largest absolute Gasteiger partial charge is 0.353 e. The predicted octanol–water partition coefficient (Wildman–Crippen LogP) is 1.58. The number of halogens is 1. The summed E-state index contributed by atoms with van der Waals surface area (Å²) < 4.78 is 13.0. The zero-order valence-corrected chi connectivity index (χ0v) is 11.3. The zero-order valence-electron chi connectivity index (χ0n) is 11.3. The van der Waals surface area contributed by atoms with Crippen molar-refractivity contribution in [3.8, 4) is 0 Å². The van der Waals surface area contributed by atoms with Crippen molar-refractivity contribution in [3.05, 3.63) is 41.7 Å². The molecule has 2 rings (SSSR count). The van der Waals surface area contributed by atoms with Gasteiger partial charge in [0, 0.05) is 19.2 Å². The number of hydrogen-bond acceptors (Lipinski definition) is 2. The van der Waals surface area contributed by atoms with E-state index in [4.69, 9.17) is 0 Å². The van der Waals surface area contributed by atoms with E-state index in [1.165, 1.54) is 18.2 Å². The van der Waals surface area contributed by atoms with Crippen molar-refractivity contribution in [2.75, 3.05) is 13.1 Å². The van der Waals surface area contributed by atoms with Crippen LogP contribution in [0.1, 0.15) is 18.9 Å². The van der Waals surface area contributed by atoms with E-state index in [-0.39, 0.29) is 17.6 Å². The molecule has 1 saturated heterocycles. The van der Waals surface area contributed by atoms with Crippen LogP contribution in [0.25, 0.3) is 6.08 Å². The molecule has 0 bridgehead atoms. The second-order valence-corrected chi connectivity index (χ2v) is 4.64. The highest BCUT2D eigenvalue weighted by atomic mass is 19.1. The van der Waals surface area contributed by atoms with E-state index in [1.807, 2.05) is 6.92 Å². The molecule has 1 aliphatic rings. The van der Waals surface area contributed by atoms with Crippen molar-refractivity contribution in [3.63, 3.8) is 0 Å². The monoisotopic (exact) mass is 276 g/mol. The third kappa shape index (κ3) is 3.23. The van der Waals surface area contributed by atoms with Gasteiger partial charge >= 0.3 is 0 Å². The lowest BCUT2D eigenvalue weighted by atomic mass is 10.1. The Hall–Kier alpha value is -2.17. The quantitative estimate of drug-likeness (QED) is 0.852. The first kappa shape index (κ1) is 14.2. The van der Waals surface area contributed by atoms with Gasteiger partial charge in [-0.15, -0.1) is 0 Å². The Balaban J connectivity index is 2.09. The topological polar surface area (TPSA) is 49.4 Å². The van der Waals surface area contributed by atoms with Crippen LogP contribution in [0.4, 0.5) is 4.39 Å². The van der Waals surface area contributed by atoms with Crippen LogP contribution < -0.4 is 5.32 Å². The molecule has 0 aromatic heterocycles. The smallest absolute Gasteiger partial charge is 0.247 e. The molecular weight excluding hydrogens is 259 g/mol. The molecule has 106 valence electrons. The standard InChI is InChI=1S/C15H17FN2O2/c1-2-13-15(20)17-8-9-18(13)14(19)7-6-11-4-3-5-12(16)10-11/h3-7,10,13H,2,8-9H2,1H3,(H,17,20)/b7-6+. The van der Waals surface area contributed by atoms with Crippen LogP contribution in [-0.2, 0) is 9.59 Å². The van der Waals surface area contributed by atoms with Gasteiger partial charge in [-0.1, -0.05) is 19.1 Å². The number of benzene rings is 1. The summed E-state index contributed by atoms with van der Waals surface area (Å²) in [5, 5.41) is 2.74. The molecule has 1 unspecified atom stereocenters. The van der Waals surface area contributed by atoms with Gasteiger partial charge in [-0.2, -0.15) is 0 Å². The minimum atomic E-state index is -0.423. The molecule has 0 aliphatic carbocycles. The van der Waals surface area contributed by atoms with Crippen molar-refractivity contribution in [1.29, 1.82) is 0 Å². The number of amides is 2. The van der Waals surface area contributed by atoms with Crippen LogP contribution in [0.15, 0.2) is 30.3 Å². The number of piperazine rings is 1. The first-order chi connectivity index (χ1) is 9.61. The number of rotatable bonds is 3. The lowest BCUT2D eigenvalue weighted by Gasteiger charge is -2.33. The summed E-state index contributed by atoms with van der Waals surface area (Å²) in [4.78, 5) is 25.4. The van der Waals surface area contributed by atoms with Crippen LogP contribution in [-0.4, -0.2) is 35.8 Å². The van der Waals surface area contributed by atoms with Gasteiger partial charge in [-0.3, -0.25) is 9.59 Å². The summed E-state index contributed by atoms with van der Waals surface area (Å²) in [7, 11) is 0. The molecule has 1 fully saturated rings. The normalized spacial score (nSPS) is 19.2. The minimum absolute atomic E-state index is 0.119. The summed E-state index contributed by atoms with van der Waals surface area (Å²) in [5.41, 5.74) is 0.618. The van der Waals surface area contributed by atoms with Gasteiger partial charge in [0.15, 0.2) is 0 Å². The average Bonchev–Trinajstić information content (AvgIpc) is 2.44. The average molecular weight is 276 g/mol. The van der Waals surface area contributed by atoms with E-state index in [1.54, 1.807) is 23.1 Å². The maximum absolute atomic E-state index is 13.0. The van der Waals surface area contributed by atoms with Crippen molar-refractivity contribution in [2.24, 2.45) is 0 Å². The first-order valence-electron chi connectivity index (χ1n) is 6.63. The first-order valence-corrected chi connectivity index (χ1v) is 6.63. The Bertz CT molecular complexity index is 542. The van der Waals surface area contributed by atoms with E-state index in [2.05, 4.69) is 5.32 Å². The molecule has 5 heteroatoms. The van der Waals surface area contributed by atoms with Crippen LogP contribution in [0.2, 0.25) is 0 Å². The lowest BCUT2D eigenvalue weighted by Crippen LogP contribution is -2.56. The van der Waals surface area contributed by atoms with Crippen molar-refractivity contribution in [1.82, 2.24) is 10.2 Å². The highest BCUT2D eigenvalue weighted by molar-refractivity contribution is 5.96. The van der Waals surface area contributed by atoms with Gasteiger partial charge in [0.05, 0.1) is 0 Å². The molecule has 1 atom stereocenters. The van der Waals surface area contributed by atoms with E-state index >= 15 is 0 Å². The Morgan fingerprint density at radius 2 is 2.35 bits per heavy atom. The van der Waals surface area contributed by atoms with E-state index in [0.29, 0.717) is 25.1 Å². The molecule has 1 aliphatic heterocycles. The van der Waals surface area contributed by atoms with Crippen molar-refractivity contribution >= 4 is 17.9 Å². The number of hydrogen-bond donors (Lipinski definition) is 1. The summed E-state index contributed by atoms with van der Waals surface area (Å²) >= 11 is 0. The fraction of sp³-hybridized carbons (Fsp3) is 0.333. The summed E-state index contributed by atoms with van der Waals surface area (Å²) in [6.45, 7) is 2.83. The van der Waals surface area contributed by atoms with Gasteiger partial charge in [0.25, 0.3) is 0 Å². The molecule has 0 spiro atoms. The number of carbonyl (C=O) groups excluding carboxylic acids is 2. The molecule has 0 saturated carbocycles. The van der Waals surface area contributed by atoms with Gasteiger partial charge < -0.3 is 10.2 Å². The van der Waals surface area contributed by atoms with E-state index < -0.39 is 6.04 Å². The van der Waals surface area contributed by atoms with Gasteiger partial charge in [0.2, 0.25) is 11.8 Å². The maximum atomic E-state index is 13.0. The summed E-state index contributed by atoms with van der Waals surface area (Å²) in [6.07, 6.45) is 3.52. The lowest BCUT2D eigenvalue weighted by molar-refractivity contribution is -0.140. The molecular formula is C15H17FN2O2. The fourth-order valence-electron chi connectivity index (χ4n) is 2.26. The molecule has 1 heterocycles. The summed E-state index contributed by atoms with van der Waals surface area (Å²) in [5.74, 6) is -0.689. The minimum Gasteiger partial charge on any atom is -0.353 e. The second-order valence-electron chi connectivity index (χ2n) is 4.64. The van der Waals surface area contributed by atoms with Gasteiger partial charge in [0.1, 0.15) is 11.9 Å². The fourth-order valence-corrected chi connectivity index (χ4v) is 2.26. The van der Waals surface area contributed by atoms with Crippen molar-refractivity contribution < 1.29 is 14.0 Å². The molecule has 20 heavy (non-hydrogen) atoms. The molecule has 0 radical (unpaired) electrons. The predicted molar refractivity (Wildman–Crippen MR) is 74.2 cm³/mol. The molecule has 4 nitrogen and oxygen atoms in total. The highest BCUT2D eigenvalue weighted by Crippen LogP contribution is 2.11. The third-order valence-corrected chi connectivity index (χ3v) is 3.27. The Kier molecular flexibility index (Phi) is 4.50. The molecule has 1 aromatic rings. The number of nitrogens with zero attached hydrogens (tertiary/aromatic N) is 1. The Morgan fingerprint density at radius 3 is 3.05 bits per heavy atom. The summed E-state index contributed by atoms with van der Waals surface area (Å²) in [6, 6.07) is 5.58. The van der Waals surface area contributed by atoms with Gasteiger partial charge in [-0.05, 0) is 30.2 Å². The Labute approximate surface area is 117 Å². The Morgan fingerprint density at radius 1 is 1.55 bits per heavy atom. The third-order valence-electron chi connectivity index (χ3n) is 3.27. The molecule has 2 amide bonds. The number of nitrogens with one attached hydrogen (secondary N) is 1. The van der Waals surface area contributed by atoms with Crippen LogP contribution in [0.3, 0.4) is 0 Å². The van der Waals surface area contributed by atoms with E-state index in [9.17, 15) is 14.0 Å². The van der Waals surface area contributed by atoms with Gasteiger partial charge in [-0.25, -0.2) is 4.39 Å². The maximum Gasteiger partial charge on any atom is 0.247 e. The highest BCUT2D eigenvalue weighted by Gasteiger charge is 2.30. The van der Waals surface area contributed by atoms with Crippen LogP contribution in [0.5, 0.6) is 0 Å².